The minimum absolute atomic E-state index is 0.0374. The third-order valence-corrected chi connectivity index (χ3v) is 4.04. The molecule has 0 radical (unpaired) electrons. The fourth-order valence-electron chi connectivity index (χ4n) is 2.54. The summed E-state index contributed by atoms with van der Waals surface area (Å²) in [5.41, 5.74) is 0.664. The van der Waals surface area contributed by atoms with Crippen molar-refractivity contribution in [2.75, 3.05) is 26.7 Å². The Bertz CT molecular complexity index is 523. The second-order valence-electron chi connectivity index (χ2n) is 6.01. The van der Waals surface area contributed by atoms with Crippen LogP contribution in [0.5, 0.6) is 0 Å². The number of rotatable bonds is 11. The van der Waals surface area contributed by atoms with E-state index in [2.05, 4.69) is 13.8 Å². The molecule has 0 bridgehead atoms. The van der Waals surface area contributed by atoms with Crippen LogP contribution in [-0.2, 0) is 14.3 Å². The molecule has 0 aliphatic carbocycles. The molecule has 1 unspecified atom stereocenters. The SMILES string of the molecule is CCCCOCN1C(=O)C(c2ccccc2)[N+](=O)N1COCCCC. The van der Waals surface area contributed by atoms with Crippen LogP contribution in [0.3, 0.4) is 0 Å². The Morgan fingerprint density at radius 3 is 2.20 bits per heavy atom. The lowest BCUT2D eigenvalue weighted by atomic mass is 10.1. The standard InChI is InChI=1S/C18H28N3O4/c1-3-5-12-24-14-19-18(22)17(16-10-8-7-9-11-16)21(23)20(19)15-25-13-6-4-2/h7-11,17H,3-6,12-15H2,1-2H3/q+1. The summed E-state index contributed by atoms with van der Waals surface area (Å²) in [6, 6.07) is 8.16. The lowest BCUT2D eigenvalue weighted by Gasteiger charge is -2.19. The van der Waals surface area contributed by atoms with Gasteiger partial charge in [0.2, 0.25) is 0 Å². The topological polar surface area (TPSA) is 62.1 Å². The Labute approximate surface area is 149 Å². The van der Waals surface area contributed by atoms with Gasteiger partial charge in [-0.25, -0.2) is 0 Å². The monoisotopic (exact) mass is 350 g/mol. The summed E-state index contributed by atoms with van der Waals surface area (Å²) in [7, 11) is 0. The Kier molecular flexibility index (Phi) is 7.81. The summed E-state index contributed by atoms with van der Waals surface area (Å²) in [4.78, 5) is 26.2. The predicted octanol–water partition coefficient (Wildman–Crippen LogP) is 3.03. The molecule has 1 fully saturated rings. The van der Waals surface area contributed by atoms with Gasteiger partial charge in [0.15, 0.2) is 11.6 Å². The number of nitroso groups, excluding NO2 is 1. The van der Waals surface area contributed by atoms with E-state index >= 15 is 0 Å². The van der Waals surface area contributed by atoms with Crippen molar-refractivity contribution in [1.29, 1.82) is 0 Å². The van der Waals surface area contributed by atoms with Crippen LogP contribution in [0.25, 0.3) is 0 Å². The maximum Gasteiger partial charge on any atom is 0.340 e. The zero-order valence-electron chi connectivity index (χ0n) is 15.1. The van der Waals surface area contributed by atoms with Crippen molar-refractivity contribution in [3.63, 3.8) is 0 Å². The van der Waals surface area contributed by atoms with E-state index in [9.17, 15) is 9.70 Å². The summed E-state index contributed by atoms with van der Waals surface area (Å²) in [5, 5.41) is 2.63. The molecule has 0 saturated carbocycles. The van der Waals surface area contributed by atoms with Gasteiger partial charge in [-0.1, -0.05) is 57.0 Å². The molecule has 1 aromatic carbocycles. The van der Waals surface area contributed by atoms with Crippen LogP contribution in [0.15, 0.2) is 30.3 Å². The van der Waals surface area contributed by atoms with Crippen LogP contribution >= 0.6 is 0 Å². The van der Waals surface area contributed by atoms with Crippen molar-refractivity contribution < 1.29 is 19.1 Å². The quantitative estimate of drug-likeness (QED) is 0.453. The van der Waals surface area contributed by atoms with E-state index in [1.165, 1.54) is 10.1 Å². The number of unbranched alkanes of at least 4 members (excludes halogenated alkanes) is 2. The molecular formula is C18H28N3O4+. The van der Waals surface area contributed by atoms with Gasteiger partial charge in [0.1, 0.15) is 6.73 Å². The number of carbonyl (C=O) groups excluding carboxylic acids is 1. The highest BCUT2D eigenvalue weighted by Crippen LogP contribution is 2.28. The van der Waals surface area contributed by atoms with E-state index in [0.717, 1.165) is 25.7 Å². The summed E-state index contributed by atoms with van der Waals surface area (Å²) in [6.45, 7) is 5.34. The molecule has 1 amide bonds. The minimum Gasteiger partial charge on any atom is -0.359 e. The third kappa shape index (κ3) is 4.99. The summed E-state index contributed by atoms with van der Waals surface area (Å²) in [6.07, 6.45) is 3.85. The Balaban J connectivity index is 2.08. The smallest absolute Gasteiger partial charge is 0.340 e. The van der Waals surface area contributed by atoms with Crippen molar-refractivity contribution in [1.82, 2.24) is 10.1 Å². The van der Waals surface area contributed by atoms with Crippen LogP contribution in [0, 0.1) is 4.91 Å². The van der Waals surface area contributed by atoms with Gasteiger partial charge in [-0.05, 0) is 18.0 Å². The number of amides is 1. The van der Waals surface area contributed by atoms with Gasteiger partial charge in [0.05, 0.1) is 4.91 Å². The highest BCUT2D eigenvalue weighted by molar-refractivity contribution is 5.82. The zero-order valence-corrected chi connectivity index (χ0v) is 15.1. The lowest BCUT2D eigenvalue weighted by Crippen LogP contribution is -2.44. The Morgan fingerprint density at radius 1 is 1.00 bits per heavy atom. The molecular weight excluding hydrogens is 322 g/mol. The van der Waals surface area contributed by atoms with Gasteiger partial charge in [-0.15, -0.1) is 0 Å². The van der Waals surface area contributed by atoms with Gasteiger partial charge in [0, 0.05) is 18.8 Å². The molecule has 1 aliphatic heterocycles. The van der Waals surface area contributed by atoms with Gasteiger partial charge in [-0.2, -0.15) is 5.01 Å². The van der Waals surface area contributed by atoms with Crippen LogP contribution in [0.2, 0.25) is 0 Å². The first-order valence-electron chi connectivity index (χ1n) is 8.96. The molecule has 138 valence electrons. The van der Waals surface area contributed by atoms with Gasteiger partial charge in [-0.3, -0.25) is 4.79 Å². The van der Waals surface area contributed by atoms with Crippen LogP contribution < -0.4 is 0 Å². The number of hydrogen-bond donors (Lipinski definition) is 0. The molecule has 1 saturated heterocycles. The molecule has 7 heteroatoms. The van der Waals surface area contributed by atoms with E-state index in [1.807, 2.05) is 18.2 Å². The maximum atomic E-state index is 12.8. The van der Waals surface area contributed by atoms with Gasteiger partial charge >= 0.3 is 11.9 Å². The number of ether oxygens (including phenoxy) is 2. The fourth-order valence-corrected chi connectivity index (χ4v) is 2.54. The number of hydrazine groups is 2. The first-order valence-corrected chi connectivity index (χ1v) is 8.96. The molecule has 0 spiro atoms. The fraction of sp³-hybridized carbons (Fsp3) is 0.611. The van der Waals surface area contributed by atoms with Crippen LogP contribution in [-0.4, -0.2) is 47.6 Å². The summed E-state index contributed by atoms with van der Waals surface area (Å²) < 4.78 is 11.1. The zero-order chi connectivity index (χ0) is 18.1. The second-order valence-corrected chi connectivity index (χ2v) is 6.01. The van der Waals surface area contributed by atoms with E-state index in [-0.39, 0.29) is 19.4 Å². The summed E-state index contributed by atoms with van der Waals surface area (Å²) >= 11 is 0. The third-order valence-electron chi connectivity index (χ3n) is 4.04. The Morgan fingerprint density at radius 2 is 1.60 bits per heavy atom. The lowest BCUT2D eigenvalue weighted by molar-refractivity contribution is -0.747. The molecule has 1 atom stereocenters. The predicted molar refractivity (Wildman–Crippen MR) is 92.9 cm³/mol. The normalized spacial score (nSPS) is 17.6. The van der Waals surface area contributed by atoms with Crippen molar-refractivity contribution in [3.8, 4) is 0 Å². The first-order chi connectivity index (χ1) is 12.2. The highest BCUT2D eigenvalue weighted by atomic mass is 16.5. The molecule has 1 heterocycles. The van der Waals surface area contributed by atoms with Crippen molar-refractivity contribution in [3.05, 3.63) is 40.8 Å². The molecule has 0 N–H and O–H groups in total. The van der Waals surface area contributed by atoms with Crippen LogP contribution in [0.1, 0.15) is 51.1 Å². The van der Waals surface area contributed by atoms with Crippen molar-refractivity contribution >= 4 is 5.91 Å². The first kappa shape index (κ1) is 19.3. The van der Waals surface area contributed by atoms with E-state index in [0.29, 0.717) is 23.6 Å². The average Bonchev–Trinajstić information content (AvgIpc) is 2.86. The van der Waals surface area contributed by atoms with Gasteiger partial charge in [0.25, 0.3) is 0 Å². The number of benzene rings is 1. The molecule has 7 nitrogen and oxygen atoms in total. The molecule has 1 aromatic rings. The van der Waals surface area contributed by atoms with E-state index in [4.69, 9.17) is 9.47 Å². The van der Waals surface area contributed by atoms with Crippen LogP contribution in [0.4, 0.5) is 0 Å². The molecule has 25 heavy (non-hydrogen) atoms. The number of hydrogen-bond acceptors (Lipinski definition) is 4. The average molecular weight is 350 g/mol. The highest BCUT2D eigenvalue weighted by Gasteiger charge is 2.54. The Hall–Kier alpha value is -1.99. The van der Waals surface area contributed by atoms with E-state index in [1.54, 1.807) is 12.1 Å². The minimum atomic E-state index is -0.897. The van der Waals surface area contributed by atoms with Gasteiger partial charge < -0.3 is 9.47 Å². The largest absolute Gasteiger partial charge is 0.359 e. The molecule has 1 aliphatic rings. The maximum absolute atomic E-state index is 12.8. The second kappa shape index (κ2) is 10.1. The molecule has 2 rings (SSSR count). The van der Waals surface area contributed by atoms with E-state index < -0.39 is 6.04 Å². The van der Waals surface area contributed by atoms with Crippen molar-refractivity contribution in [2.45, 2.75) is 45.6 Å². The van der Waals surface area contributed by atoms with Crippen molar-refractivity contribution in [2.24, 2.45) is 0 Å². The number of carbonyl (C=O) groups is 1. The summed E-state index contributed by atoms with van der Waals surface area (Å²) in [5.74, 6) is -0.295. The molecule has 0 aromatic heterocycles. The number of nitrogens with zero attached hydrogens (tertiary/aromatic N) is 3.